The number of aryl methyl sites for hydroxylation is 1. The van der Waals surface area contributed by atoms with E-state index in [1.54, 1.807) is 29.2 Å². The SMILES string of the molecule is COc1cccc(/C(O)=C2/C(=O)C(=O)N(CCc3cn(C)c4ccccc34)C2c2cccs2)c1. The van der Waals surface area contributed by atoms with E-state index in [-0.39, 0.29) is 11.3 Å². The van der Waals surface area contributed by atoms with Crippen LogP contribution in [0.5, 0.6) is 5.75 Å². The number of methoxy groups -OCH3 is 1. The number of hydrogen-bond donors (Lipinski definition) is 1. The van der Waals surface area contributed by atoms with Crippen LogP contribution in [0, 0.1) is 0 Å². The van der Waals surface area contributed by atoms with E-state index < -0.39 is 17.7 Å². The molecule has 1 atom stereocenters. The second-order valence-corrected chi connectivity index (χ2v) is 9.25. The molecule has 34 heavy (non-hydrogen) atoms. The Balaban J connectivity index is 1.54. The second-order valence-electron chi connectivity index (χ2n) is 8.27. The highest BCUT2D eigenvalue weighted by Gasteiger charge is 2.46. The van der Waals surface area contributed by atoms with Gasteiger partial charge in [-0.2, -0.15) is 0 Å². The lowest BCUT2D eigenvalue weighted by Gasteiger charge is -2.24. The Labute approximate surface area is 201 Å². The molecule has 0 bridgehead atoms. The third-order valence-electron chi connectivity index (χ3n) is 6.30. The maximum Gasteiger partial charge on any atom is 0.295 e. The molecule has 6 nitrogen and oxygen atoms in total. The second kappa shape index (κ2) is 8.83. The largest absolute Gasteiger partial charge is 0.507 e. The number of ketones is 1. The topological polar surface area (TPSA) is 71.8 Å². The van der Waals surface area contributed by atoms with Gasteiger partial charge >= 0.3 is 0 Å². The van der Waals surface area contributed by atoms with Gasteiger partial charge in [-0.25, -0.2) is 0 Å². The molecule has 1 amide bonds. The molecule has 1 N–H and O–H groups in total. The Morgan fingerprint density at radius 2 is 1.91 bits per heavy atom. The van der Waals surface area contributed by atoms with E-state index in [4.69, 9.17) is 4.74 Å². The summed E-state index contributed by atoms with van der Waals surface area (Å²) in [6.07, 6.45) is 2.66. The number of Topliss-reactive ketones (excluding diaryl/α,β-unsaturated/α-hetero) is 1. The Hall–Kier alpha value is -3.84. The van der Waals surface area contributed by atoms with E-state index in [1.807, 2.05) is 36.7 Å². The number of likely N-dealkylation sites (tertiary alicyclic amines) is 1. The fraction of sp³-hybridized carbons (Fsp3) is 0.185. The van der Waals surface area contributed by atoms with E-state index in [1.165, 1.54) is 18.4 Å². The van der Waals surface area contributed by atoms with Crippen molar-refractivity contribution in [2.75, 3.05) is 13.7 Å². The number of rotatable bonds is 6. The lowest BCUT2D eigenvalue weighted by molar-refractivity contribution is -0.139. The Bertz CT molecular complexity index is 1420. The number of hydrogen-bond acceptors (Lipinski definition) is 5. The molecule has 1 saturated heterocycles. The van der Waals surface area contributed by atoms with Crippen molar-refractivity contribution in [2.45, 2.75) is 12.5 Å². The van der Waals surface area contributed by atoms with Crippen molar-refractivity contribution in [3.63, 3.8) is 0 Å². The highest BCUT2D eigenvalue weighted by molar-refractivity contribution is 7.10. The van der Waals surface area contributed by atoms with E-state index in [2.05, 4.69) is 22.9 Å². The standard InChI is InChI=1S/C27H24N2O4S/c1-28-16-18(20-9-3-4-10-21(20)28)12-13-29-24(22-11-6-14-34-22)23(26(31)27(29)32)25(30)17-7-5-8-19(15-17)33-2/h3-11,14-16,24,30H,12-13H2,1-2H3/b25-23-. The molecule has 1 unspecified atom stereocenters. The van der Waals surface area contributed by atoms with Crippen LogP contribution in [0.15, 0.2) is 77.8 Å². The average Bonchev–Trinajstić information content (AvgIpc) is 3.56. The lowest BCUT2D eigenvalue weighted by atomic mass is 9.99. The highest BCUT2D eigenvalue weighted by Crippen LogP contribution is 2.41. The monoisotopic (exact) mass is 472 g/mol. The number of carbonyl (C=O) groups is 2. The summed E-state index contributed by atoms with van der Waals surface area (Å²) in [6, 6.07) is 18.1. The smallest absolute Gasteiger partial charge is 0.295 e. The normalized spacial score (nSPS) is 17.6. The van der Waals surface area contributed by atoms with Crippen LogP contribution in [0.3, 0.4) is 0 Å². The molecule has 1 fully saturated rings. The molecule has 1 aliphatic rings. The summed E-state index contributed by atoms with van der Waals surface area (Å²) in [4.78, 5) is 28.8. The van der Waals surface area contributed by atoms with Crippen LogP contribution in [0.25, 0.3) is 16.7 Å². The van der Waals surface area contributed by atoms with E-state index >= 15 is 0 Å². The maximum atomic E-state index is 13.2. The third kappa shape index (κ3) is 3.68. The van der Waals surface area contributed by atoms with Crippen molar-refractivity contribution in [3.8, 4) is 5.75 Å². The molecule has 1 aliphatic heterocycles. The van der Waals surface area contributed by atoms with Crippen molar-refractivity contribution in [2.24, 2.45) is 7.05 Å². The van der Waals surface area contributed by atoms with Crippen molar-refractivity contribution in [1.82, 2.24) is 9.47 Å². The number of fused-ring (bicyclic) bond motifs is 1. The first-order valence-corrected chi connectivity index (χ1v) is 11.9. The zero-order valence-corrected chi connectivity index (χ0v) is 19.7. The Morgan fingerprint density at radius 3 is 2.68 bits per heavy atom. The van der Waals surface area contributed by atoms with Gasteiger partial charge in [-0.3, -0.25) is 9.59 Å². The van der Waals surface area contributed by atoms with Gasteiger partial charge in [-0.05, 0) is 41.6 Å². The number of thiophene rings is 1. The maximum absolute atomic E-state index is 13.2. The van der Waals surface area contributed by atoms with Crippen LogP contribution < -0.4 is 4.74 Å². The van der Waals surface area contributed by atoms with Gasteiger partial charge in [0.15, 0.2) is 0 Å². The number of nitrogens with zero attached hydrogens (tertiary/aromatic N) is 2. The molecule has 0 aliphatic carbocycles. The molecule has 5 rings (SSSR count). The molecule has 2 aromatic carbocycles. The van der Waals surface area contributed by atoms with Crippen LogP contribution in [0.4, 0.5) is 0 Å². The summed E-state index contributed by atoms with van der Waals surface area (Å²) in [6.45, 7) is 0.357. The number of ether oxygens (including phenoxy) is 1. The molecule has 0 saturated carbocycles. The molecule has 172 valence electrons. The number of amides is 1. The van der Waals surface area contributed by atoms with Crippen LogP contribution in [0.1, 0.15) is 22.0 Å². The summed E-state index contributed by atoms with van der Waals surface area (Å²) < 4.78 is 7.33. The fourth-order valence-corrected chi connectivity index (χ4v) is 5.49. The molecule has 3 heterocycles. The molecular formula is C27H24N2O4S. The third-order valence-corrected chi connectivity index (χ3v) is 7.22. The summed E-state index contributed by atoms with van der Waals surface area (Å²) in [5.41, 5.74) is 2.77. The first-order chi connectivity index (χ1) is 16.5. The van der Waals surface area contributed by atoms with Gasteiger partial charge in [0.2, 0.25) is 0 Å². The van der Waals surface area contributed by atoms with E-state index in [0.29, 0.717) is 24.3 Å². The number of benzene rings is 2. The van der Waals surface area contributed by atoms with Crippen molar-refractivity contribution in [3.05, 3.63) is 93.8 Å². The molecule has 2 aromatic heterocycles. The fourth-order valence-electron chi connectivity index (χ4n) is 4.64. The number of carbonyl (C=O) groups excluding carboxylic acids is 2. The number of para-hydroxylation sites is 1. The summed E-state index contributed by atoms with van der Waals surface area (Å²) in [7, 11) is 3.54. The Morgan fingerprint density at radius 1 is 1.09 bits per heavy atom. The van der Waals surface area contributed by atoms with Gasteiger partial charge in [0, 0.05) is 41.1 Å². The van der Waals surface area contributed by atoms with Crippen LogP contribution in [-0.4, -0.2) is 39.9 Å². The minimum atomic E-state index is -0.670. The van der Waals surface area contributed by atoms with Crippen molar-refractivity contribution >= 4 is 39.7 Å². The summed E-state index contributed by atoms with van der Waals surface area (Å²) in [5, 5.41) is 14.2. The van der Waals surface area contributed by atoms with Crippen molar-refractivity contribution < 1.29 is 19.4 Å². The average molecular weight is 473 g/mol. The van der Waals surface area contributed by atoms with Gasteiger partial charge in [-0.15, -0.1) is 11.3 Å². The van der Waals surface area contributed by atoms with Crippen LogP contribution in [-0.2, 0) is 23.1 Å². The summed E-state index contributed by atoms with van der Waals surface area (Å²) >= 11 is 1.46. The summed E-state index contributed by atoms with van der Waals surface area (Å²) in [5.74, 6) is -0.898. The molecule has 4 aromatic rings. The number of aliphatic hydroxyl groups excluding tert-OH is 1. The molecule has 7 heteroatoms. The zero-order chi connectivity index (χ0) is 23.8. The minimum absolute atomic E-state index is 0.110. The highest BCUT2D eigenvalue weighted by atomic mass is 32.1. The van der Waals surface area contributed by atoms with Gasteiger partial charge in [0.25, 0.3) is 11.7 Å². The Kier molecular flexibility index (Phi) is 5.71. The predicted molar refractivity (Wildman–Crippen MR) is 133 cm³/mol. The molecule has 0 spiro atoms. The van der Waals surface area contributed by atoms with Crippen LogP contribution in [0.2, 0.25) is 0 Å². The predicted octanol–water partition coefficient (Wildman–Crippen LogP) is 4.91. The van der Waals surface area contributed by atoms with Gasteiger partial charge in [0.05, 0.1) is 18.7 Å². The molecule has 0 radical (unpaired) electrons. The van der Waals surface area contributed by atoms with Gasteiger partial charge in [-0.1, -0.05) is 36.4 Å². The van der Waals surface area contributed by atoms with Crippen LogP contribution >= 0.6 is 11.3 Å². The lowest BCUT2D eigenvalue weighted by Crippen LogP contribution is -2.31. The minimum Gasteiger partial charge on any atom is -0.507 e. The first-order valence-electron chi connectivity index (χ1n) is 11.0. The van der Waals surface area contributed by atoms with Gasteiger partial charge in [0.1, 0.15) is 11.5 Å². The first kappa shape index (κ1) is 22.0. The number of aliphatic hydroxyl groups is 1. The molecular weight excluding hydrogens is 448 g/mol. The number of aromatic nitrogens is 1. The zero-order valence-electron chi connectivity index (χ0n) is 18.9. The van der Waals surface area contributed by atoms with E-state index in [0.717, 1.165) is 21.3 Å². The quantitative estimate of drug-likeness (QED) is 0.246. The van der Waals surface area contributed by atoms with E-state index in [9.17, 15) is 14.7 Å². The van der Waals surface area contributed by atoms with Gasteiger partial charge < -0.3 is 19.3 Å². The van der Waals surface area contributed by atoms with Crippen molar-refractivity contribution in [1.29, 1.82) is 0 Å².